The second-order valence-electron chi connectivity index (χ2n) is 7.04. The van der Waals surface area contributed by atoms with Crippen LogP contribution in [0.15, 0.2) is 51.7 Å². The Hall–Kier alpha value is -2.48. The Morgan fingerprint density at radius 3 is 2.68 bits per heavy atom. The summed E-state index contributed by atoms with van der Waals surface area (Å²) in [5.41, 5.74) is 1.45. The molecule has 8 heteroatoms. The van der Waals surface area contributed by atoms with Gasteiger partial charge in [0.25, 0.3) is 5.91 Å². The van der Waals surface area contributed by atoms with Crippen LogP contribution in [0.1, 0.15) is 12.2 Å². The van der Waals surface area contributed by atoms with Crippen LogP contribution in [0.5, 0.6) is 5.75 Å². The molecule has 0 bridgehead atoms. The summed E-state index contributed by atoms with van der Waals surface area (Å²) in [4.78, 5) is 25.1. The van der Waals surface area contributed by atoms with Gasteiger partial charge in [0, 0.05) is 11.1 Å². The topological polar surface area (TPSA) is 88.8 Å². The SMILES string of the molecule is CSCC[C@H](CO)NC(=O)COc1ccc2c(=O)c(-c3ccc(Cl)cc3)c(C)oc2c1. The number of nitrogens with one attached hydrogen (secondary N) is 1. The summed E-state index contributed by atoms with van der Waals surface area (Å²) in [5.74, 6) is 1.41. The van der Waals surface area contributed by atoms with E-state index < -0.39 is 0 Å². The van der Waals surface area contributed by atoms with Crippen molar-refractivity contribution in [3.8, 4) is 16.9 Å². The van der Waals surface area contributed by atoms with Crippen molar-refractivity contribution in [2.24, 2.45) is 0 Å². The van der Waals surface area contributed by atoms with Crippen LogP contribution in [-0.4, -0.2) is 42.3 Å². The van der Waals surface area contributed by atoms with Gasteiger partial charge in [0.2, 0.25) is 5.43 Å². The van der Waals surface area contributed by atoms with Gasteiger partial charge >= 0.3 is 0 Å². The first-order valence-electron chi connectivity index (χ1n) is 9.78. The summed E-state index contributed by atoms with van der Waals surface area (Å²) in [6.07, 6.45) is 2.65. The largest absolute Gasteiger partial charge is 0.484 e. The number of carbonyl (C=O) groups is 1. The quantitative estimate of drug-likeness (QED) is 0.500. The highest BCUT2D eigenvalue weighted by Crippen LogP contribution is 2.27. The van der Waals surface area contributed by atoms with Crippen molar-refractivity contribution >= 4 is 40.2 Å². The first kappa shape index (κ1) is 23.2. The van der Waals surface area contributed by atoms with Crippen molar-refractivity contribution in [3.05, 3.63) is 63.5 Å². The zero-order valence-electron chi connectivity index (χ0n) is 17.3. The number of carbonyl (C=O) groups excluding carboxylic acids is 1. The van der Waals surface area contributed by atoms with Crippen LogP contribution in [0.25, 0.3) is 22.1 Å². The van der Waals surface area contributed by atoms with Crippen molar-refractivity contribution in [2.45, 2.75) is 19.4 Å². The summed E-state index contributed by atoms with van der Waals surface area (Å²) in [6.45, 7) is 1.41. The Bertz CT molecular complexity index is 1110. The van der Waals surface area contributed by atoms with Crippen molar-refractivity contribution in [1.82, 2.24) is 5.32 Å². The molecule has 0 aliphatic heterocycles. The maximum Gasteiger partial charge on any atom is 0.258 e. The lowest BCUT2D eigenvalue weighted by Gasteiger charge is -2.16. The fourth-order valence-electron chi connectivity index (χ4n) is 3.21. The maximum absolute atomic E-state index is 13.0. The third kappa shape index (κ3) is 5.81. The van der Waals surface area contributed by atoms with Gasteiger partial charge in [0.15, 0.2) is 6.61 Å². The van der Waals surface area contributed by atoms with Crippen molar-refractivity contribution < 1.29 is 19.1 Å². The highest BCUT2D eigenvalue weighted by atomic mass is 35.5. The molecule has 3 aromatic rings. The van der Waals surface area contributed by atoms with Gasteiger partial charge in [-0.2, -0.15) is 11.8 Å². The fraction of sp³-hybridized carbons (Fsp3) is 0.304. The van der Waals surface area contributed by atoms with Crippen LogP contribution in [0, 0.1) is 6.92 Å². The highest BCUT2D eigenvalue weighted by molar-refractivity contribution is 7.98. The van der Waals surface area contributed by atoms with Gasteiger partial charge in [0.1, 0.15) is 17.1 Å². The smallest absolute Gasteiger partial charge is 0.258 e. The van der Waals surface area contributed by atoms with E-state index in [1.54, 1.807) is 61.2 Å². The molecule has 3 rings (SSSR count). The van der Waals surface area contributed by atoms with Crippen LogP contribution in [0.3, 0.4) is 0 Å². The number of fused-ring (bicyclic) bond motifs is 1. The lowest BCUT2D eigenvalue weighted by atomic mass is 10.0. The van der Waals surface area contributed by atoms with E-state index in [2.05, 4.69) is 5.32 Å². The fourth-order valence-corrected chi connectivity index (χ4v) is 3.86. The minimum absolute atomic E-state index is 0.122. The van der Waals surface area contributed by atoms with Gasteiger partial charge in [-0.15, -0.1) is 0 Å². The minimum atomic E-state index is -0.323. The Kier molecular flexibility index (Phi) is 8.01. The van der Waals surface area contributed by atoms with Crippen LogP contribution < -0.4 is 15.5 Å². The number of hydrogen-bond donors (Lipinski definition) is 2. The summed E-state index contributed by atoms with van der Waals surface area (Å²) < 4.78 is 11.4. The molecule has 0 aliphatic carbocycles. The average Bonchev–Trinajstić information content (AvgIpc) is 2.76. The zero-order valence-corrected chi connectivity index (χ0v) is 18.9. The first-order valence-corrected chi connectivity index (χ1v) is 11.6. The molecule has 0 radical (unpaired) electrons. The molecule has 0 fully saturated rings. The second kappa shape index (κ2) is 10.7. The van der Waals surface area contributed by atoms with Gasteiger partial charge in [-0.3, -0.25) is 9.59 Å². The van der Waals surface area contributed by atoms with Crippen LogP contribution >= 0.6 is 23.4 Å². The minimum Gasteiger partial charge on any atom is -0.484 e. The second-order valence-corrected chi connectivity index (χ2v) is 8.47. The van der Waals surface area contributed by atoms with Crippen molar-refractivity contribution in [1.29, 1.82) is 0 Å². The number of amides is 1. The third-order valence-corrected chi connectivity index (χ3v) is 5.69. The molecule has 0 spiro atoms. The number of thioether (sulfide) groups is 1. The van der Waals surface area contributed by atoms with E-state index in [-0.39, 0.29) is 30.6 Å². The molecule has 0 saturated carbocycles. The molecule has 0 aliphatic rings. The Labute approximate surface area is 189 Å². The van der Waals surface area contributed by atoms with E-state index in [1.165, 1.54) is 0 Å². The number of aliphatic hydroxyl groups excluding tert-OH is 1. The maximum atomic E-state index is 13.0. The predicted octanol–water partition coefficient (Wildman–Crippen LogP) is 4.03. The van der Waals surface area contributed by atoms with Crippen LogP contribution in [0.4, 0.5) is 0 Å². The van der Waals surface area contributed by atoms with Crippen LogP contribution in [0.2, 0.25) is 5.02 Å². The molecule has 164 valence electrons. The molecule has 2 aromatic carbocycles. The summed E-state index contributed by atoms with van der Waals surface area (Å²) >= 11 is 7.59. The molecule has 0 unspecified atom stereocenters. The molecule has 1 atom stereocenters. The predicted molar refractivity (Wildman–Crippen MR) is 125 cm³/mol. The summed E-state index contributed by atoms with van der Waals surface area (Å²) in [5, 5.41) is 13.1. The molecule has 2 N–H and O–H groups in total. The van der Waals surface area contributed by atoms with Gasteiger partial charge < -0.3 is 19.6 Å². The zero-order chi connectivity index (χ0) is 22.4. The number of rotatable bonds is 9. The van der Waals surface area contributed by atoms with Crippen molar-refractivity contribution in [3.63, 3.8) is 0 Å². The Morgan fingerprint density at radius 1 is 1.26 bits per heavy atom. The number of hydrogen-bond acceptors (Lipinski definition) is 6. The number of halogens is 1. The molecule has 31 heavy (non-hydrogen) atoms. The lowest BCUT2D eigenvalue weighted by Crippen LogP contribution is -2.40. The number of benzene rings is 2. The normalized spacial score (nSPS) is 12.0. The number of aliphatic hydroxyl groups is 1. The number of aryl methyl sites for hydroxylation is 1. The molecular formula is C23H24ClNO5S. The summed E-state index contributed by atoms with van der Waals surface area (Å²) in [6, 6.07) is 11.6. The van der Waals surface area contributed by atoms with E-state index in [9.17, 15) is 14.7 Å². The monoisotopic (exact) mass is 461 g/mol. The molecule has 1 aromatic heterocycles. The van der Waals surface area contributed by atoms with Gasteiger partial charge in [-0.25, -0.2) is 0 Å². The first-order chi connectivity index (χ1) is 14.9. The highest BCUT2D eigenvalue weighted by Gasteiger charge is 2.15. The number of ether oxygens (including phenoxy) is 1. The van der Waals surface area contributed by atoms with Crippen molar-refractivity contribution in [2.75, 3.05) is 25.2 Å². The molecular weight excluding hydrogens is 438 g/mol. The molecule has 6 nitrogen and oxygen atoms in total. The van der Waals surface area contributed by atoms with Crippen LogP contribution in [-0.2, 0) is 4.79 Å². The van der Waals surface area contributed by atoms with Gasteiger partial charge in [0.05, 0.1) is 23.6 Å². The van der Waals surface area contributed by atoms with Gasteiger partial charge in [-0.05, 0) is 55.2 Å². The molecule has 1 heterocycles. The van der Waals surface area contributed by atoms with E-state index in [1.807, 2.05) is 6.26 Å². The lowest BCUT2D eigenvalue weighted by molar-refractivity contribution is -0.124. The van der Waals surface area contributed by atoms with E-state index >= 15 is 0 Å². The van der Waals surface area contributed by atoms with E-state index in [0.717, 1.165) is 11.3 Å². The molecule has 0 saturated heterocycles. The van der Waals surface area contributed by atoms with E-state index in [4.69, 9.17) is 20.8 Å². The molecule has 1 amide bonds. The van der Waals surface area contributed by atoms with Gasteiger partial charge in [-0.1, -0.05) is 23.7 Å². The Balaban J connectivity index is 1.76. The van der Waals surface area contributed by atoms with E-state index in [0.29, 0.717) is 39.5 Å². The average molecular weight is 462 g/mol. The standard InChI is InChI=1S/C23H24ClNO5S/c1-14-22(15-3-5-16(24)6-4-15)23(28)19-8-7-18(11-20(19)30-14)29-13-21(27)25-17(12-26)9-10-31-2/h3-8,11,17,26H,9-10,12-13H2,1-2H3,(H,25,27)/t17-/m1/s1. The summed E-state index contributed by atoms with van der Waals surface area (Å²) in [7, 11) is 0. The third-order valence-electron chi connectivity index (χ3n) is 4.80. The Morgan fingerprint density at radius 2 is 2.00 bits per heavy atom.